The molecule has 3 aromatic carbocycles. The fourth-order valence-electron chi connectivity index (χ4n) is 3.51. The van der Waals surface area contributed by atoms with E-state index in [4.69, 9.17) is 9.47 Å². The monoisotopic (exact) mass is 463 g/mol. The van der Waals surface area contributed by atoms with Gasteiger partial charge in [0.2, 0.25) is 12.7 Å². The van der Waals surface area contributed by atoms with Crippen LogP contribution in [0.15, 0.2) is 76.7 Å². The topological polar surface area (TPSA) is 82.5 Å². The van der Waals surface area contributed by atoms with Crippen molar-refractivity contribution in [1.29, 1.82) is 0 Å². The van der Waals surface area contributed by atoms with Crippen molar-refractivity contribution in [2.24, 2.45) is 0 Å². The molecule has 0 spiro atoms. The number of nitrogens with zero attached hydrogens (tertiary/aromatic N) is 2. The van der Waals surface area contributed by atoms with Crippen LogP contribution in [0.2, 0.25) is 0 Å². The molecule has 9 heteroatoms. The minimum Gasteiger partial charge on any atom is -0.454 e. The first-order valence-corrected chi connectivity index (χ1v) is 11.1. The Balaban J connectivity index is 1.43. The molecule has 33 heavy (non-hydrogen) atoms. The number of anilines is 1. The highest BCUT2D eigenvalue weighted by Crippen LogP contribution is 2.33. The van der Waals surface area contributed by atoms with Crippen molar-refractivity contribution < 1.29 is 18.7 Å². The van der Waals surface area contributed by atoms with E-state index in [2.05, 4.69) is 10.3 Å². The van der Waals surface area contributed by atoms with Gasteiger partial charge in [-0.05, 0) is 48.0 Å². The zero-order valence-corrected chi connectivity index (χ0v) is 18.1. The molecular weight excluding hydrogens is 445 g/mol. The summed E-state index contributed by atoms with van der Waals surface area (Å²) in [5.41, 5.74) is 1.55. The molecule has 2 heterocycles. The van der Waals surface area contributed by atoms with Gasteiger partial charge in [0.05, 0.1) is 23.2 Å². The maximum atomic E-state index is 13.4. The fraction of sp³-hybridized carbons (Fsp3) is 0.125. The third-order valence-electron chi connectivity index (χ3n) is 5.05. The molecule has 1 amide bonds. The first-order chi connectivity index (χ1) is 16.1. The zero-order valence-electron chi connectivity index (χ0n) is 17.3. The molecule has 4 aromatic rings. The van der Waals surface area contributed by atoms with Crippen LogP contribution in [0.3, 0.4) is 0 Å². The van der Waals surface area contributed by atoms with Crippen molar-refractivity contribution >= 4 is 34.3 Å². The number of fused-ring (bicyclic) bond motifs is 2. The highest BCUT2D eigenvalue weighted by molar-refractivity contribution is 7.99. The van der Waals surface area contributed by atoms with Crippen molar-refractivity contribution in [3.63, 3.8) is 0 Å². The Kier molecular flexibility index (Phi) is 5.70. The second-order valence-corrected chi connectivity index (χ2v) is 8.28. The lowest BCUT2D eigenvalue weighted by atomic mass is 10.2. The summed E-state index contributed by atoms with van der Waals surface area (Å²) in [6.45, 7) is 0.416. The molecule has 7 nitrogen and oxygen atoms in total. The molecule has 0 radical (unpaired) electrons. The summed E-state index contributed by atoms with van der Waals surface area (Å²) in [5.74, 6) is 0.517. The van der Waals surface area contributed by atoms with Crippen LogP contribution >= 0.6 is 11.8 Å². The fourth-order valence-corrected chi connectivity index (χ4v) is 4.31. The summed E-state index contributed by atoms with van der Waals surface area (Å²) in [5, 5.41) is 3.56. The van der Waals surface area contributed by atoms with Crippen LogP contribution in [0.5, 0.6) is 11.5 Å². The second-order valence-electron chi connectivity index (χ2n) is 7.34. The maximum Gasteiger partial charge on any atom is 0.262 e. The van der Waals surface area contributed by atoms with Crippen molar-refractivity contribution in [1.82, 2.24) is 9.55 Å². The number of hydrogen-bond donors (Lipinski definition) is 1. The Morgan fingerprint density at radius 3 is 2.79 bits per heavy atom. The van der Waals surface area contributed by atoms with E-state index in [0.717, 1.165) is 17.3 Å². The molecule has 0 unspecified atom stereocenters. The lowest BCUT2D eigenvalue weighted by Gasteiger charge is -2.14. The minimum absolute atomic E-state index is 0.00241. The third kappa shape index (κ3) is 4.54. The van der Waals surface area contributed by atoms with E-state index in [1.807, 2.05) is 18.2 Å². The number of ether oxygens (including phenoxy) is 2. The number of carbonyl (C=O) groups excluding carboxylic acids is 1. The van der Waals surface area contributed by atoms with Crippen LogP contribution < -0.4 is 20.3 Å². The van der Waals surface area contributed by atoms with Gasteiger partial charge in [-0.25, -0.2) is 9.37 Å². The average Bonchev–Trinajstić information content (AvgIpc) is 3.28. The number of para-hydroxylation sites is 1. The molecule has 1 aliphatic heterocycles. The van der Waals surface area contributed by atoms with Crippen LogP contribution in [0.4, 0.5) is 10.1 Å². The lowest BCUT2D eigenvalue weighted by molar-refractivity contribution is -0.113. The van der Waals surface area contributed by atoms with Crippen molar-refractivity contribution in [3.8, 4) is 11.5 Å². The second kappa shape index (κ2) is 8.95. The van der Waals surface area contributed by atoms with Gasteiger partial charge in [0.1, 0.15) is 5.82 Å². The molecule has 1 aromatic heterocycles. The van der Waals surface area contributed by atoms with Crippen LogP contribution in [0, 0.1) is 5.82 Å². The number of nitrogens with one attached hydrogen (secondary N) is 1. The summed E-state index contributed by atoms with van der Waals surface area (Å²) >= 11 is 1.14. The van der Waals surface area contributed by atoms with Crippen LogP contribution in [-0.4, -0.2) is 28.0 Å². The number of carbonyl (C=O) groups is 1. The average molecular weight is 463 g/mol. The van der Waals surface area contributed by atoms with Crippen LogP contribution in [0.25, 0.3) is 10.9 Å². The van der Waals surface area contributed by atoms with Crippen molar-refractivity contribution in [2.75, 3.05) is 17.9 Å². The number of rotatable bonds is 6. The quantitative estimate of drug-likeness (QED) is 0.343. The van der Waals surface area contributed by atoms with Gasteiger partial charge >= 0.3 is 0 Å². The van der Waals surface area contributed by atoms with Crippen LogP contribution in [-0.2, 0) is 11.3 Å². The van der Waals surface area contributed by atoms with Crippen LogP contribution in [0.1, 0.15) is 5.56 Å². The number of amides is 1. The molecule has 166 valence electrons. The highest BCUT2D eigenvalue weighted by atomic mass is 32.2. The number of hydrogen-bond acceptors (Lipinski definition) is 6. The third-order valence-corrected chi connectivity index (χ3v) is 6.02. The number of aromatic nitrogens is 2. The standard InChI is InChI=1S/C24H18FN3O4S/c25-16-4-3-5-17(11-16)26-22(29)13-33-24-27-19-7-2-1-6-18(19)23(30)28(24)12-15-8-9-20-21(10-15)32-14-31-20/h1-11H,12-14H2,(H,26,29). The number of halogens is 1. The molecule has 0 fully saturated rings. The summed E-state index contributed by atoms with van der Waals surface area (Å²) in [7, 11) is 0. The van der Waals surface area contributed by atoms with Crippen molar-refractivity contribution in [2.45, 2.75) is 11.7 Å². The van der Waals surface area contributed by atoms with Gasteiger partial charge in [-0.15, -0.1) is 0 Å². The molecule has 0 bridgehead atoms. The van der Waals surface area contributed by atoms with Crippen molar-refractivity contribution in [3.05, 3.63) is 88.5 Å². The van der Waals surface area contributed by atoms with E-state index >= 15 is 0 Å². The van der Waals surface area contributed by atoms with Gasteiger partial charge in [0.25, 0.3) is 5.56 Å². The van der Waals surface area contributed by atoms with E-state index < -0.39 is 5.82 Å². The first kappa shape index (κ1) is 21.0. The van der Waals surface area contributed by atoms with E-state index in [0.29, 0.717) is 33.2 Å². The molecule has 1 N–H and O–H groups in total. The molecule has 0 saturated heterocycles. The summed E-state index contributed by atoms with van der Waals surface area (Å²) < 4.78 is 25.7. The Morgan fingerprint density at radius 2 is 1.91 bits per heavy atom. The van der Waals surface area contributed by atoms with E-state index in [1.54, 1.807) is 34.9 Å². The van der Waals surface area contributed by atoms with E-state index in [-0.39, 0.29) is 30.6 Å². The first-order valence-electron chi connectivity index (χ1n) is 10.1. The SMILES string of the molecule is O=C(CSc1nc2ccccc2c(=O)n1Cc1ccc2c(c1)OCO2)Nc1cccc(F)c1. The summed E-state index contributed by atoms with van der Waals surface area (Å²) in [6.07, 6.45) is 0. The van der Waals surface area contributed by atoms with E-state index in [1.165, 1.54) is 18.2 Å². The predicted molar refractivity (Wildman–Crippen MR) is 123 cm³/mol. The van der Waals surface area contributed by atoms with Gasteiger partial charge in [0, 0.05) is 5.69 Å². The van der Waals surface area contributed by atoms with Gasteiger partial charge in [-0.3, -0.25) is 14.2 Å². The number of benzene rings is 3. The Morgan fingerprint density at radius 1 is 1.06 bits per heavy atom. The Hall–Kier alpha value is -3.85. The molecule has 0 aliphatic carbocycles. The zero-order chi connectivity index (χ0) is 22.8. The highest BCUT2D eigenvalue weighted by Gasteiger charge is 2.17. The Labute approximate surface area is 192 Å². The van der Waals surface area contributed by atoms with Gasteiger partial charge in [-0.1, -0.05) is 36.0 Å². The molecule has 1 aliphatic rings. The van der Waals surface area contributed by atoms with E-state index in [9.17, 15) is 14.0 Å². The maximum absolute atomic E-state index is 13.4. The van der Waals surface area contributed by atoms with Gasteiger partial charge < -0.3 is 14.8 Å². The number of thioether (sulfide) groups is 1. The molecule has 0 saturated carbocycles. The molecule has 5 rings (SSSR count). The van der Waals surface area contributed by atoms with Gasteiger partial charge in [0.15, 0.2) is 16.7 Å². The largest absolute Gasteiger partial charge is 0.454 e. The molecular formula is C24H18FN3O4S. The summed E-state index contributed by atoms with van der Waals surface area (Å²) in [4.78, 5) is 30.3. The lowest BCUT2D eigenvalue weighted by Crippen LogP contribution is -2.25. The predicted octanol–water partition coefficient (Wildman–Crippen LogP) is 4.04. The smallest absolute Gasteiger partial charge is 0.262 e. The minimum atomic E-state index is -0.436. The van der Waals surface area contributed by atoms with Gasteiger partial charge in [-0.2, -0.15) is 0 Å². The summed E-state index contributed by atoms with van der Waals surface area (Å²) in [6, 6.07) is 18.2. The molecule has 0 atom stereocenters. The Bertz CT molecular complexity index is 1420. The normalized spacial score (nSPS) is 12.2.